The van der Waals surface area contributed by atoms with Crippen LogP contribution in [-0.4, -0.2) is 25.5 Å². The number of rotatable bonds is 6. The van der Waals surface area contributed by atoms with E-state index in [1.165, 1.54) is 19.4 Å². The quantitative estimate of drug-likeness (QED) is 0.614. The van der Waals surface area contributed by atoms with Gasteiger partial charge in [-0.1, -0.05) is 34.1 Å². The Hall–Kier alpha value is -0.0400. The summed E-state index contributed by atoms with van der Waals surface area (Å²) in [6, 6.07) is 0. The Bertz CT molecular complexity index is 116. The van der Waals surface area contributed by atoms with E-state index in [-0.39, 0.29) is 0 Å². The van der Waals surface area contributed by atoms with E-state index in [2.05, 4.69) is 46.7 Å². The van der Waals surface area contributed by atoms with E-state index in [0.717, 1.165) is 17.8 Å². The Morgan fingerprint density at radius 3 is 1.77 bits per heavy atom. The third-order valence-corrected chi connectivity index (χ3v) is 2.66. The third kappa shape index (κ3) is 7.06. The summed E-state index contributed by atoms with van der Waals surface area (Å²) in [5, 5.41) is 0. The van der Waals surface area contributed by atoms with Crippen LogP contribution in [0.1, 0.15) is 40.5 Å². The minimum Gasteiger partial charge on any atom is -0.309 e. The molecule has 1 heteroatoms. The van der Waals surface area contributed by atoms with Crippen molar-refractivity contribution in [3.05, 3.63) is 0 Å². The molecule has 0 aliphatic heterocycles. The summed E-state index contributed by atoms with van der Waals surface area (Å²) in [6.45, 7) is 10.5. The molecule has 0 amide bonds. The first-order valence-electron chi connectivity index (χ1n) is 5.58. The Balaban J connectivity index is 3.81. The van der Waals surface area contributed by atoms with Crippen molar-refractivity contribution in [1.82, 2.24) is 4.90 Å². The van der Waals surface area contributed by atoms with Gasteiger partial charge in [0.15, 0.2) is 0 Å². The van der Waals surface area contributed by atoms with Crippen LogP contribution < -0.4 is 0 Å². The van der Waals surface area contributed by atoms with Gasteiger partial charge in [0.2, 0.25) is 0 Å². The fourth-order valence-electron chi connectivity index (χ4n) is 1.65. The molecular weight excluding hydrogens is 158 g/mol. The predicted octanol–water partition coefficient (Wildman–Crippen LogP) is 3.26. The molecule has 0 fully saturated rings. The van der Waals surface area contributed by atoms with E-state index in [0.29, 0.717) is 0 Å². The van der Waals surface area contributed by atoms with Crippen LogP contribution in [0, 0.1) is 17.8 Å². The van der Waals surface area contributed by atoms with Gasteiger partial charge in [0.1, 0.15) is 0 Å². The van der Waals surface area contributed by atoms with Gasteiger partial charge in [-0.3, -0.25) is 0 Å². The maximum Gasteiger partial charge on any atom is 0.000600 e. The zero-order valence-electron chi connectivity index (χ0n) is 10.3. The highest BCUT2D eigenvalue weighted by atomic mass is 15.1. The molecule has 0 bridgehead atoms. The monoisotopic (exact) mass is 185 g/mol. The van der Waals surface area contributed by atoms with Crippen LogP contribution in [0.15, 0.2) is 0 Å². The molecule has 0 N–H and O–H groups in total. The van der Waals surface area contributed by atoms with Crippen LogP contribution in [0.3, 0.4) is 0 Å². The highest BCUT2D eigenvalue weighted by Gasteiger charge is 2.14. The van der Waals surface area contributed by atoms with Crippen molar-refractivity contribution in [2.45, 2.75) is 40.5 Å². The standard InChI is InChI=1S/C12H27N/c1-10(2)7-8-12(11(3)4)9-13(5)6/h10-12H,7-9H2,1-6H3. The van der Waals surface area contributed by atoms with Gasteiger partial charge in [0.25, 0.3) is 0 Å². The van der Waals surface area contributed by atoms with Gasteiger partial charge < -0.3 is 4.90 Å². The van der Waals surface area contributed by atoms with E-state index in [4.69, 9.17) is 0 Å². The SMILES string of the molecule is CC(C)CCC(CN(C)C)C(C)C. The molecule has 0 saturated heterocycles. The first kappa shape index (κ1) is 13.0. The average Bonchev–Trinajstić information content (AvgIpc) is 1.96. The van der Waals surface area contributed by atoms with Crippen molar-refractivity contribution in [2.75, 3.05) is 20.6 Å². The molecule has 0 heterocycles. The van der Waals surface area contributed by atoms with Crippen molar-refractivity contribution in [3.8, 4) is 0 Å². The first-order valence-corrected chi connectivity index (χ1v) is 5.58. The van der Waals surface area contributed by atoms with Crippen LogP contribution in [0.2, 0.25) is 0 Å². The van der Waals surface area contributed by atoms with E-state index < -0.39 is 0 Å². The third-order valence-electron chi connectivity index (χ3n) is 2.66. The fraction of sp³-hybridized carbons (Fsp3) is 1.00. The molecule has 0 saturated carbocycles. The normalized spacial score (nSPS) is 14.5. The predicted molar refractivity (Wildman–Crippen MR) is 61.0 cm³/mol. The van der Waals surface area contributed by atoms with Crippen molar-refractivity contribution in [1.29, 1.82) is 0 Å². The lowest BCUT2D eigenvalue weighted by Crippen LogP contribution is -2.25. The van der Waals surface area contributed by atoms with Crippen molar-refractivity contribution in [2.24, 2.45) is 17.8 Å². The summed E-state index contributed by atoms with van der Waals surface area (Å²) in [5.74, 6) is 2.54. The minimum atomic E-state index is 0.821. The minimum absolute atomic E-state index is 0.821. The molecule has 1 atom stereocenters. The highest BCUT2D eigenvalue weighted by molar-refractivity contribution is 4.66. The van der Waals surface area contributed by atoms with E-state index in [1.807, 2.05) is 0 Å². The fourth-order valence-corrected chi connectivity index (χ4v) is 1.65. The topological polar surface area (TPSA) is 3.24 Å². The second-order valence-electron chi connectivity index (χ2n) is 5.24. The van der Waals surface area contributed by atoms with Crippen molar-refractivity contribution in [3.63, 3.8) is 0 Å². The average molecular weight is 185 g/mol. The smallest absolute Gasteiger partial charge is 0.000600 e. The lowest BCUT2D eigenvalue weighted by atomic mass is 9.88. The van der Waals surface area contributed by atoms with E-state index in [9.17, 15) is 0 Å². The number of hydrogen-bond acceptors (Lipinski definition) is 1. The Kier molecular flexibility index (Phi) is 6.40. The molecule has 0 aliphatic carbocycles. The molecule has 0 aromatic carbocycles. The number of nitrogens with zero attached hydrogens (tertiary/aromatic N) is 1. The molecule has 0 spiro atoms. The molecule has 0 radical (unpaired) electrons. The number of hydrogen-bond donors (Lipinski definition) is 0. The van der Waals surface area contributed by atoms with E-state index >= 15 is 0 Å². The summed E-state index contributed by atoms with van der Waals surface area (Å²) >= 11 is 0. The summed E-state index contributed by atoms with van der Waals surface area (Å²) in [5.41, 5.74) is 0. The molecule has 0 aromatic heterocycles. The maximum absolute atomic E-state index is 2.34. The molecule has 13 heavy (non-hydrogen) atoms. The van der Waals surface area contributed by atoms with Crippen LogP contribution in [0.5, 0.6) is 0 Å². The molecule has 1 nitrogen and oxygen atoms in total. The van der Waals surface area contributed by atoms with Crippen LogP contribution >= 0.6 is 0 Å². The van der Waals surface area contributed by atoms with Gasteiger partial charge in [-0.2, -0.15) is 0 Å². The zero-order valence-corrected chi connectivity index (χ0v) is 10.3. The molecule has 0 rings (SSSR count). The largest absolute Gasteiger partial charge is 0.309 e. The molecule has 0 aromatic rings. The lowest BCUT2D eigenvalue weighted by molar-refractivity contribution is 0.244. The van der Waals surface area contributed by atoms with Crippen molar-refractivity contribution < 1.29 is 0 Å². The molecule has 0 aliphatic rings. The maximum atomic E-state index is 2.34. The summed E-state index contributed by atoms with van der Waals surface area (Å²) < 4.78 is 0. The molecule has 80 valence electrons. The molecular formula is C12H27N. The van der Waals surface area contributed by atoms with E-state index in [1.54, 1.807) is 0 Å². The lowest BCUT2D eigenvalue weighted by Gasteiger charge is -2.25. The van der Waals surface area contributed by atoms with Gasteiger partial charge in [-0.25, -0.2) is 0 Å². The Morgan fingerprint density at radius 1 is 0.923 bits per heavy atom. The second-order valence-corrected chi connectivity index (χ2v) is 5.24. The second kappa shape index (κ2) is 6.42. The van der Waals surface area contributed by atoms with Crippen molar-refractivity contribution >= 4 is 0 Å². The van der Waals surface area contributed by atoms with Gasteiger partial charge in [0, 0.05) is 6.54 Å². The van der Waals surface area contributed by atoms with Gasteiger partial charge in [0.05, 0.1) is 0 Å². The summed E-state index contributed by atoms with van der Waals surface area (Å²) in [4.78, 5) is 2.31. The highest BCUT2D eigenvalue weighted by Crippen LogP contribution is 2.20. The van der Waals surface area contributed by atoms with Crippen LogP contribution in [0.4, 0.5) is 0 Å². The first-order chi connectivity index (χ1) is 5.93. The Morgan fingerprint density at radius 2 is 1.46 bits per heavy atom. The summed E-state index contributed by atoms with van der Waals surface area (Å²) in [6.07, 6.45) is 2.75. The zero-order chi connectivity index (χ0) is 10.4. The van der Waals surface area contributed by atoms with Crippen LogP contribution in [-0.2, 0) is 0 Å². The summed E-state index contributed by atoms with van der Waals surface area (Å²) in [7, 11) is 4.34. The van der Waals surface area contributed by atoms with Gasteiger partial charge in [-0.15, -0.1) is 0 Å². The van der Waals surface area contributed by atoms with Gasteiger partial charge in [-0.05, 0) is 38.3 Å². The van der Waals surface area contributed by atoms with Gasteiger partial charge >= 0.3 is 0 Å². The Labute approximate surface area is 84.5 Å². The van der Waals surface area contributed by atoms with Crippen LogP contribution in [0.25, 0.3) is 0 Å². The molecule has 1 unspecified atom stereocenters.